The summed E-state index contributed by atoms with van der Waals surface area (Å²) in [6, 6.07) is 7.59. The average molecular weight is 279 g/mol. The molecule has 0 atom stereocenters. The Balaban J connectivity index is 2.15. The van der Waals surface area contributed by atoms with Gasteiger partial charge in [-0.3, -0.25) is 0 Å². The second kappa shape index (κ2) is 6.54. The molecule has 0 aliphatic rings. The zero-order valence-electron chi connectivity index (χ0n) is 10.8. The molecule has 5 heteroatoms. The minimum absolute atomic E-state index is 0.195. The molecule has 0 unspecified atom stereocenters. The number of fused-ring (bicyclic) bond motifs is 1. The van der Waals surface area contributed by atoms with Gasteiger partial charge in [0, 0.05) is 6.61 Å². The van der Waals surface area contributed by atoms with Crippen LogP contribution in [-0.2, 0) is 4.74 Å². The highest BCUT2D eigenvalue weighted by Crippen LogP contribution is 2.32. The van der Waals surface area contributed by atoms with Crippen molar-refractivity contribution in [2.45, 2.75) is 13.3 Å². The van der Waals surface area contributed by atoms with Gasteiger partial charge in [0.05, 0.1) is 12.0 Å². The quantitative estimate of drug-likeness (QED) is 0.624. The predicted molar refractivity (Wildman–Crippen MR) is 78.7 cm³/mol. The van der Waals surface area contributed by atoms with Crippen LogP contribution in [0.1, 0.15) is 19.1 Å². The van der Waals surface area contributed by atoms with Gasteiger partial charge in [0.25, 0.3) is 0 Å². The number of rotatable bonds is 7. The second-order valence-electron chi connectivity index (χ2n) is 4.08. The van der Waals surface area contributed by atoms with Gasteiger partial charge in [0.2, 0.25) is 5.76 Å². The van der Waals surface area contributed by atoms with Crippen LogP contribution in [0.2, 0.25) is 0 Å². The third-order valence-corrected chi connectivity index (χ3v) is 2.78. The maximum absolute atomic E-state index is 5.71. The largest absolute Gasteiger partial charge is 0.486 e. The predicted octanol–water partition coefficient (Wildman–Crippen LogP) is 2.87. The molecule has 19 heavy (non-hydrogen) atoms. The molecule has 2 aromatic rings. The lowest BCUT2D eigenvalue weighted by atomic mass is 10.2. The lowest BCUT2D eigenvalue weighted by Crippen LogP contribution is -2.12. The Morgan fingerprint density at radius 1 is 1.26 bits per heavy atom. The molecule has 0 spiro atoms. The van der Waals surface area contributed by atoms with Crippen molar-refractivity contribution >= 4 is 28.2 Å². The van der Waals surface area contributed by atoms with Crippen LogP contribution in [-0.4, -0.2) is 24.8 Å². The van der Waals surface area contributed by atoms with E-state index in [9.17, 15) is 0 Å². The van der Waals surface area contributed by atoms with E-state index >= 15 is 0 Å². The van der Waals surface area contributed by atoms with Gasteiger partial charge < -0.3 is 19.6 Å². The Labute approximate surface area is 117 Å². The van der Waals surface area contributed by atoms with Gasteiger partial charge >= 0.3 is 0 Å². The third kappa shape index (κ3) is 3.24. The number of nitrogens with two attached hydrogens (primary N) is 1. The number of para-hydroxylation sites is 1. The Morgan fingerprint density at radius 2 is 2.05 bits per heavy atom. The van der Waals surface area contributed by atoms with Crippen LogP contribution >= 0.6 is 12.2 Å². The van der Waals surface area contributed by atoms with Crippen molar-refractivity contribution in [2.24, 2.45) is 5.73 Å². The molecule has 0 bridgehead atoms. The summed E-state index contributed by atoms with van der Waals surface area (Å²) >= 11 is 4.98. The van der Waals surface area contributed by atoms with Crippen molar-refractivity contribution in [2.75, 3.05) is 19.8 Å². The fraction of sp³-hybridized carbons (Fsp3) is 0.357. The van der Waals surface area contributed by atoms with Crippen LogP contribution in [0.15, 0.2) is 28.7 Å². The molecule has 1 heterocycles. The lowest BCUT2D eigenvalue weighted by Gasteiger charge is -2.06. The van der Waals surface area contributed by atoms with Crippen molar-refractivity contribution in [3.05, 3.63) is 30.0 Å². The maximum atomic E-state index is 5.71. The highest BCUT2D eigenvalue weighted by Gasteiger charge is 2.17. The number of hydrogen-bond acceptors (Lipinski definition) is 4. The van der Waals surface area contributed by atoms with E-state index in [0.717, 1.165) is 24.0 Å². The molecule has 0 amide bonds. The first-order valence-electron chi connectivity index (χ1n) is 6.26. The van der Waals surface area contributed by atoms with Crippen molar-refractivity contribution < 1.29 is 13.9 Å². The van der Waals surface area contributed by atoms with E-state index in [1.54, 1.807) is 0 Å². The molecule has 0 aliphatic carbocycles. The summed E-state index contributed by atoms with van der Waals surface area (Å²) < 4.78 is 16.7. The number of benzene rings is 1. The van der Waals surface area contributed by atoms with Crippen molar-refractivity contribution in [3.63, 3.8) is 0 Å². The Kier molecular flexibility index (Phi) is 4.76. The molecule has 0 radical (unpaired) electrons. The number of thiocarbonyl (C=S) groups is 1. The molecule has 0 saturated carbocycles. The monoisotopic (exact) mass is 279 g/mol. The van der Waals surface area contributed by atoms with E-state index < -0.39 is 0 Å². The summed E-state index contributed by atoms with van der Waals surface area (Å²) in [5.74, 6) is 1.02. The van der Waals surface area contributed by atoms with Gasteiger partial charge in [-0.05, 0) is 18.6 Å². The zero-order valence-corrected chi connectivity index (χ0v) is 11.7. The van der Waals surface area contributed by atoms with Crippen molar-refractivity contribution in [1.29, 1.82) is 0 Å². The maximum Gasteiger partial charge on any atom is 0.204 e. The summed E-state index contributed by atoms with van der Waals surface area (Å²) in [7, 11) is 0. The summed E-state index contributed by atoms with van der Waals surface area (Å²) in [6.07, 6.45) is 0.993. The fourth-order valence-electron chi connectivity index (χ4n) is 1.78. The van der Waals surface area contributed by atoms with Crippen LogP contribution in [0.4, 0.5) is 0 Å². The van der Waals surface area contributed by atoms with Crippen LogP contribution in [0, 0.1) is 0 Å². The van der Waals surface area contributed by atoms with E-state index in [1.807, 2.05) is 24.3 Å². The first-order valence-corrected chi connectivity index (χ1v) is 6.66. The van der Waals surface area contributed by atoms with Gasteiger partial charge in [-0.2, -0.15) is 0 Å². The molecule has 0 saturated heterocycles. The zero-order chi connectivity index (χ0) is 13.7. The summed E-state index contributed by atoms with van der Waals surface area (Å²) in [6.45, 7) is 3.77. The highest BCUT2D eigenvalue weighted by atomic mass is 32.1. The Morgan fingerprint density at radius 3 is 2.79 bits per heavy atom. The third-order valence-electron chi connectivity index (χ3n) is 2.60. The van der Waals surface area contributed by atoms with Crippen molar-refractivity contribution in [1.82, 2.24) is 0 Å². The van der Waals surface area contributed by atoms with Gasteiger partial charge in [0.15, 0.2) is 5.75 Å². The first kappa shape index (κ1) is 13.8. The molecule has 102 valence electrons. The summed E-state index contributed by atoms with van der Waals surface area (Å²) in [5.41, 5.74) is 6.37. The number of hydrogen-bond donors (Lipinski definition) is 1. The summed E-state index contributed by atoms with van der Waals surface area (Å²) in [5, 5.41) is 0.876. The molecular formula is C14H17NO3S. The van der Waals surface area contributed by atoms with Gasteiger partial charge in [-0.1, -0.05) is 31.3 Å². The topological polar surface area (TPSA) is 57.6 Å². The second-order valence-corrected chi connectivity index (χ2v) is 4.52. The van der Waals surface area contributed by atoms with E-state index in [1.165, 1.54) is 0 Å². The molecule has 2 N–H and O–H groups in total. The molecule has 0 fully saturated rings. The first-order chi connectivity index (χ1) is 9.24. The highest BCUT2D eigenvalue weighted by molar-refractivity contribution is 7.80. The minimum Gasteiger partial charge on any atom is -0.486 e. The van der Waals surface area contributed by atoms with Gasteiger partial charge in [-0.25, -0.2) is 0 Å². The Hall–Kier alpha value is -1.59. The van der Waals surface area contributed by atoms with E-state index in [-0.39, 0.29) is 4.99 Å². The standard InChI is InChI=1S/C14H17NO3S/c1-2-7-16-8-9-17-12-10-5-3-4-6-11(10)18-13(12)14(15)19/h3-6H,2,7-9H2,1H3,(H2,15,19). The average Bonchev–Trinajstić information content (AvgIpc) is 2.78. The molecule has 0 aliphatic heterocycles. The summed E-state index contributed by atoms with van der Waals surface area (Å²) in [4.78, 5) is 0.195. The minimum atomic E-state index is 0.195. The smallest absolute Gasteiger partial charge is 0.204 e. The Bertz CT molecular complexity index is 565. The lowest BCUT2D eigenvalue weighted by molar-refractivity contribution is 0.101. The van der Waals surface area contributed by atoms with Crippen LogP contribution < -0.4 is 10.5 Å². The number of ether oxygens (including phenoxy) is 2. The normalized spacial score (nSPS) is 10.8. The van der Waals surface area contributed by atoms with E-state index in [0.29, 0.717) is 24.7 Å². The van der Waals surface area contributed by atoms with E-state index in [4.69, 9.17) is 31.8 Å². The fourth-order valence-corrected chi connectivity index (χ4v) is 1.91. The van der Waals surface area contributed by atoms with Crippen molar-refractivity contribution in [3.8, 4) is 5.75 Å². The molecule has 1 aromatic heterocycles. The van der Waals surface area contributed by atoms with E-state index in [2.05, 4.69) is 6.92 Å². The SMILES string of the molecule is CCCOCCOc1c(C(N)=S)oc2ccccc12. The van der Waals surface area contributed by atoms with Gasteiger partial charge in [-0.15, -0.1) is 0 Å². The van der Waals surface area contributed by atoms with Crippen LogP contribution in [0.3, 0.4) is 0 Å². The van der Waals surface area contributed by atoms with Crippen LogP contribution in [0.5, 0.6) is 5.75 Å². The number of furan rings is 1. The van der Waals surface area contributed by atoms with Crippen LogP contribution in [0.25, 0.3) is 11.0 Å². The van der Waals surface area contributed by atoms with Gasteiger partial charge in [0.1, 0.15) is 17.2 Å². The molecule has 4 nitrogen and oxygen atoms in total. The molecular weight excluding hydrogens is 262 g/mol. The molecule has 2 rings (SSSR count). The molecule has 1 aromatic carbocycles.